The second-order valence-corrected chi connectivity index (χ2v) is 5.59. The molecule has 6 nitrogen and oxygen atoms in total. The molecule has 23 heavy (non-hydrogen) atoms. The van der Waals surface area contributed by atoms with Gasteiger partial charge in [-0.2, -0.15) is 4.98 Å². The predicted molar refractivity (Wildman–Crippen MR) is 92.4 cm³/mol. The molecule has 2 rings (SSSR count). The Labute approximate surface area is 137 Å². The standard InChI is InChI=1S/C17H24N4O2/c1-10(2)13-8-15(23-5)14(22-4)7-11(13)6-12-9-20-17(18)21-16(12)19-3/h7-10H,6H2,1-5H3,(H3,18,19,20,21). The average molecular weight is 316 g/mol. The number of rotatable bonds is 6. The summed E-state index contributed by atoms with van der Waals surface area (Å²) in [6.45, 7) is 4.31. The van der Waals surface area contributed by atoms with E-state index in [0.29, 0.717) is 18.1 Å². The maximum atomic E-state index is 5.66. The summed E-state index contributed by atoms with van der Waals surface area (Å²) in [5.41, 5.74) is 9.01. The molecule has 0 fully saturated rings. The topological polar surface area (TPSA) is 82.3 Å². The quantitative estimate of drug-likeness (QED) is 0.853. The fourth-order valence-corrected chi connectivity index (χ4v) is 2.60. The van der Waals surface area contributed by atoms with Crippen molar-refractivity contribution in [2.45, 2.75) is 26.2 Å². The first-order valence-electron chi connectivity index (χ1n) is 7.54. The Bertz CT molecular complexity index is 687. The monoisotopic (exact) mass is 316 g/mol. The first-order chi connectivity index (χ1) is 11.0. The van der Waals surface area contributed by atoms with Gasteiger partial charge in [0.2, 0.25) is 5.95 Å². The molecule has 6 heteroatoms. The van der Waals surface area contributed by atoms with Crippen molar-refractivity contribution < 1.29 is 9.47 Å². The summed E-state index contributed by atoms with van der Waals surface area (Å²) < 4.78 is 10.8. The summed E-state index contributed by atoms with van der Waals surface area (Å²) in [6.07, 6.45) is 2.44. The summed E-state index contributed by atoms with van der Waals surface area (Å²) >= 11 is 0. The summed E-state index contributed by atoms with van der Waals surface area (Å²) in [5.74, 6) is 2.81. The smallest absolute Gasteiger partial charge is 0.221 e. The number of nitrogens with two attached hydrogens (primary N) is 1. The fraction of sp³-hybridized carbons (Fsp3) is 0.412. The van der Waals surface area contributed by atoms with E-state index >= 15 is 0 Å². The van der Waals surface area contributed by atoms with Crippen molar-refractivity contribution in [1.82, 2.24) is 9.97 Å². The van der Waals surface area contributed by atoms with Gasteiger partial charge in [-0.3, -0.25) is 0 Å². The van der Waals surface area contributed by atoms with Gasteiger partial charge in [0.05, 0.1) is 14.2 Å². The van der Waals surface area contributed by atoms with E-state index in [9.17, 15) is 0 Å². The lowest BCUT2D eigenvalue weighted by molar-refractivity contribution is 0.354. The Kier molecular flexibility index (Phi) is 5.26. The zero-order chi connectivity index (χ0) is 17.0. The van der Waals surface area contributed by atoms with Gasteiger partial charge in [-0.1, -0.05) is 13.8 Å². The molecule has 0 amide bonds. The third-order valence-electron chi connectivity index (χ3n) is 3.77. The fourth-order valence-electron chi connectivity index (χ4n) is 2.60. The predicted octanol–water partition coefficient (Wildman–Crippen LogP) is 2.83. The van der Waals surface area contributed by atoms with Gasteiger partial charge in [0, 0.05) is 25.2 Å². The molecule has 1 aromatic carbocycles. The Morgan fingerprint density at radius 3 is 2.35 bits per heavy atom. The highest BCUT2D eigenvalue weighted by molar-refractivity contribution is 5.53. The molecule has 0 aliphatic carbocycles. The molecule has 0 bridgehead atoms. The molecule has 124 valence electrons. The SMILES string of the molecule is CNc1nc(N)ncc1Cc1cc(OC)c(OC)cc1C(C)C. The van der Waals surface area contributed by atoms with E-state index in [-0.39, 0.29) is 5.95 Å². The molecule has 1 aromatic heterocycles. The number of nitrogen functional groups attached to an aromatic ring is 1. The third-order valence-corrected chi connectivity index (χ3v) is 3.77. The van der Waals surface area contributed by atoms with Crippen molar-refractivity contribution in [1.29, 1.82) is 0 Å². The van der Waals surface area contributed by atoms with Crippen molar-refractivity contribution in [2.75, 3.05) is 32.3 Å². The molecular weight excluding hydrogens is 292 g/mol. The lowest BCUT2D eigenvalue weighted by atomic mass is 9.92. The van der Waals surface area contributed by atoms with Gasteiger partial charge in [-0.05, 0) is 29.2 Å². The molecule has 0 saturated heterocycles. The Morgan fingerprint density at radius 1 is 1.13 bits per heavy atom. The number of anilines is 2. The van der Waals surface area contributed by atoms with E-state index in [1.807, 2.05) is 19.2 Å². The van der Waals surface area contributed by atoms with Crippen molar-refractivity contribution in [3.63, 3.8) is 0 Å². The summed E-state index contributed by atoms with van der Waals surface area (Å²) in [7, 11) is 5.11. The first-order valence-corrected chi connectivity index (χ1v) is 7.54. The van der Waals surface area contributed by atoms with E-state index in [1.54, 1.807) is 20.4 Å². The van der Waals surface area contributed by atoms with Crippen LogP contribution in [0.25, 0.3) is 0 Å². The highest BCUT2D eigenvalue weighted by Gasteiger charge is 2.16. The maximum Gasteiger partial charge on any atom is 0.221 e. The van der Waals surface area contributed by atoms with Crippen LogP contribution in [0.3, 0.4) is 0 Å². The molecule has 0 unspecified atom stereocenters. The summed E-state index contributed by atoms with van der Waals surface area (Å²) in [5, 5.41) is 3.07. The van der Waals surface area contributed by atoms with Crippen LogP contribution in [0, 0.1) is 0 Å². The van der Waals surface area contributed by atoms with Crippen molar-refractivity contribution >= 4 is 11.8 Å². The second kappa shape index (κ2) is 7.17. The lowest BCUT2D eigenvalue weighted by Crippen LogP contribution is -2.06. The van der Waals surface area contributed by atoms with Crippen molar-refractivity contribution in [3.8, 4) is 11.5 Å². The molecular formula is C17H24N4O2. The van der Waals surface area contributed by atoms with Gasteiger partial charge in [-0.15, -0.1) is 0 Å². The van der Waals surface area contributed by atoms with Crippen LogP contribution >= 0.6 is 0 Å². The van der Waals surface area contributed by atoms with Crippen LogP contribution in [0.4, 0.5) is 11.8 Å². The molecule has 1 heterocycles. The molecule has 0 atom stereocenters. The van der Waals surface area contributed by atoms with Crippen LogP contribution in [-0.2, 0) is 6.42 Å². The zero-order valence-electron chi connectivity index (χ0n) is 14.3. The zero-order valence-corrected chi connectivity index (χ0v) is 14.3. The van der Waals surface area contributed by atoms with Crippen molar-refractivity contribution in [3.05, 3.63) is 35.0 Å². The Morgan fingerprint density at radius 2 is 1.78 bits per heavy atom. The third kappa shape index (κ3) is 3.64. The Balaban J connectivity index is 2.50. The van der Waals surface area contributed by atoms with Gasteiger partial charge in [0.25, 0.3) is 0 Å². The van der Waals surface area contributed by atoms with Crippen LogP contribution in [0.2, 0.25) is 0 Å². The second-order valence-electron chi connectivity index (χ2n) is 5.59. The number of ether oxygens (including phenoxy) is 2. The van der Waals surface area contributed by atoms with Crippen LogP contribution in [0.5, 0.6) is 11.5 Å². The summed E-state index contributed by atoms with van der Waals surface area (Å²) in [4.78, 5) is 8.34. The van der Waals surface area contributed by atoms with Gasteiger partial charge < -0.3 is 20.5 Å². The first kappa shape index (κ1) is 16.9. The van der Waals surface area contributed by atoms with Gasteiger partial charge >= 0.3 is 0 Å². The molecule has 2 aromatic rings. The van der Waals surface area contributed by atoms with Crippen LogP contribution in [0.1, 0.15) is 36.5 Å². The van der Waals surface area contributed by atoms with Gasteiger partial charge in [-0.25, -0.2) is 4.98 Å². The van der Waals surface area contributed by atoms with Crippen LogP contribution in [0.15, 0.2) is 18.3 Å². The minimum absolute atomic E-state index is 0.259. The number of methoxy groups -OCH3 is 2. The van der Waals surface area contributed by atoms with E-state index in [2.05, 4.69) is 29.1 Å². The van der Waals surface area contributed by atoms with E-state index < -0.39 is 0 Å². The number of hydrogen-bond donors (Lipinski definition) is 2. The van der Waals surface area contributed by atoms with Gasteiger partial charge in [0.1, 0.15) is 5.82 Å². The van der Waals surface area contributed by atoms with E-state index in [0.717, 1.165) is 22.7 Å². The van der Waals surface area contributed by atoms with Crippen LogP contribution < -0.4 is 20.5 Å². The largest absolute Gasteiger partial charge is 0.493 e. The number of benzene rings is 1. The number of aromatic nitrogens is 2. The average Bonchev–Trinajstić information content (AvgIpc) is 2.55. The summed E-state index contributed by atoms with van der Waals surface area (Å²) in [6, 6.07) is 4.06. The minimum Gasteiger partial charge on any atom is -0.493 e. The number of nitrogens with zero attached hydrogens (tertiary/aromatic N) is 2. The molecule has 0 saturated carbocycles. The molecule has 0 aliphatic rings. The molecule has 0 spiro atoms. The number of nitrogens with one attached hydrogen (secondary N) is 1. The van der Waals surface area contributed by atoms with Crippen molar-refractivity contribution in [2.24, 2.45) is 0 Å². The normalized spacial score (nSPS) is 10.7. The van der Waals surface area contributed by atoms with E-state index in [4.69, 9.17) is 15.2 Å². The minimum atomic E-state index is 0.259. The highest BCUT2D eigenvalue weighted by Crippen LogP contribution is 2.35. The molecule has 3 N–H and O–H groups in total. The van der Waals surface area contributed by atoms with Gasteiger partial charge in [0.15, 0.2) is 11.5 Å². The highest BCUT2D eigenvalue weighted by atomic mass is 16.5. The van der Waals surface area contributed by atoms with E-state index in [1.165, 1.54) is 5.56 Å². The Hall–Kier alpha value is -2.50. The molecule has 0 aliphatic heterocycles. The lowest BCUT2D eigenvalue weighted by Gasteiger charge is -2.18. The maximum absolute atomic E-state index is 5.66. The van der Waals surface area contributed by atoms with Crippen LogP contribution in [-0.4, -0.2) is 31.2 Å². The molecule has 0 radical (unpaired) electrons. The number of hydrogen-bond acceptors (Lipinski definition) is 6.